The van der Waals surface area contributed by atoms with Gasteiger partial charge in [0.05, 0.1) is 32.0 Å². The maximum absolute atomic E-state index is 13.1. The molecule has 0 saturated carbocycles. The molecule has 0 radical (unpaired) electrons. The van der Waals surface area contributed by atoms with Crippen LogP contribution in [0.3, 0.4) is 0 Å². The van der Waals surface area contributed by atoms with E-state index in [0.29, 0.717) is 37.4 Å². The van der Waals surface area contributed by atoms with Crippen LogP contribution in [0, 0.1) is 0 Å². The third-order valence-corrected chi connectivity index (χ3v) is 5.57. The third kappa shape index (κ3) is 5.70. The number of carbonyl (C=O) groups is 2. The van der Waals surface area contributed by atoms with Crippen molar-refractivity contribution in [1.29, 1.82) is 0 Å². The Morgan fingerprint density at radius 1 is 0.839 bits per heavy atom. The van der Waals surface area contributed by atoms with Gasteiger partial charge in [-0.1, -0.05) is 42.5 Å². The zero-order valence-electron chi connectivity index (χ0n) is 17.6. The number of benzene rings is 2. The summed E-state index contributed by atoms with van der Waals surface area (Å²) < 4.78 is 16.5. The Bertz CT molecular complexity index is 859. The molecule has 4 rings (SSSR count). The van der Waals surface area contributed by atoms with Gasteiger partial charge in [-0.25, -0.2) is 4.79 Å². The Morgan fingerprint density at radius 3 is 2.10 bits per heavy atom. The average molecular weight is 424 g/mol. The van der Waals surface area contributed by atoms with Crippen LogP contribution in [-0.4, -0.2) is 74.3 Å². The molecule has 0 spiro atoms. The highest BCUT2D eigenvalue weighted by molar-refractivity contribution is 5.92. The van der Waals surface area contributed by atoms with E-state index in [0.717, 1.165) is 38.4 Å². The maximum atomic E-state index is 13.1. The maximum Gasteiger partial charge on any atom is 0.339 e. The lowest BCUT2D eigenvalue weighted by molar-refractivity contribution is -0.145. The highest BCUT2D eigenvalue weighted by atomic mass is 16.5. The topological polar surface area (TPSA) is 68.3 Å². The van der Waals surface area contributed by atoms with Crippen LogP contribution in [0.25, 0.3) is 0 Å². The molecule has 2 aliphatic heterocycles. The highest BCUT2D eigenvalue weighted by Crippen LogP contribution is 2.23. The molecule has 2 heterocycles. The lowest BCUT2D eigenvalue weighted by Crippen LogP contribution is -2.44. The van der Waals surface area contributed by atoms with Crippen LogP contribution in [0.2, 0.25) is 0 Å². The molecular weight excluding hydrogens is 396 g/mol. The molecule has 1 amide bonds. The fraction of sp³-hybridized carbons (Fsp3) is 0.417. The summed E-state index contributed by atoms with van der Waals surface area (Å²) in [6.07, 6.45) is -0.972. The minimum absolute atomic E-state index is 0.216. The lowest BCUT2D eigenvalue weighted by atomic mass is 10.1. The van der Waals surface area contributed by atoms with Crippen LogP contribution in [-0.2, 0) is 25.5 Å². The lowest BCUT2D eigenvalue weighted by Gasteiger charge is -2.30. The molecule has 31 heavy (non-hydrogen) atoms. The monoisotopic (exact) mass is 424 g/mol. The van der Waals surface area contributed by atoms with E-state index in [2.05, 4.69) is 4.90 Å². The van der Waals surface area contributed by atoms with Gasteiger partial charge in [0.25, 0.3) is 5.91 Å². The Balaban J connectivity index is 1.44. The van der Waals surface area contributed by atoms with Crippen LogP contribution in [0.4, 0.5) is 0 Å². The molecule has 0 N–H and O–H groups in total. The molecule has 2 aliphatic rings. The molecule has 0 aliphatic carbocycles. The molecule has 2 aromatic rings. The SMILES string of the molecule is O=C(O[C@H](C(=O)N1CCOCC1)c1ccccc1)c1ccc(CN2CCOCC2)cc1. The third-order valence-electron chi connectivity index (χ3n) is 5.57. The van der Waals surface area contributed by atoms with E-state index in [1.54, 1.807) is 17.0 Å². The number of amides is 1. The number of nitrogens with zero attached hydrogens (tertiary/aromatic N) is 2. The summed E-state index contributed by atoms with van der Waals surface area (Å²) in [5, 5.41) is 0. The number of hydrogen-bond acceptors (Lipinski definition) is 6. The van der Waals surface area contributed by atoms with Crippen LogP contribution < -0.4 is 0 Å². The molecule has 2 aromatic carbocycles. The van der Waals surface area contributed by atoms with Gasteiger partial charge in [-0.15, -0.1) is 0 Å². The molecule has 7 nitrogen and oxygen atoms in total. The highest BCUT2D eigenvalue weighted by Gasteiger charge is 2.30. The first-order valence-electron chi connectivity index (χ1n) is 10.7. The minimum atomic E-state index is -0.972. The van der Waals surface area contributed by atoms with Crippen LogP contribution in [0.5, 0.6) is 0 Å². The molecule has 164 valence electrons. The molecule has 0 unspecified atom stereocenters. The predicted molar refractivity (Wildman–Crippen MR) is 115 cm³/mol. The average Bonchev–Trinajstić information content (AvgIpc) is 2.84. The zero-order valence-corrected chi connectivity index (χ0v) is 17.6. The van der Waals surface area contributed by atoms with Gasteiger partial charge in [-0.2, -0.15) is 0 Å². The van der Waals surface area contributed by atoms with Crippen molar-refractivity contribution in [2.24, 2.45) is 0 Å². The van der Waals surface area contributed by atoms with E-state index < -0.39 is 12.1 Å². The fourth-order valence-corrected chi connectivity index (χ4v) is 3.78. The number of morpholine rings is 2. The second kappa shape index (κ2) is 10.5. The first-order valence-corrected chi connectivity index (χ1v) is 10.7. The Labute approximate surface area is 182 Å². The van der Waals surface area contributed by atoms with Crippen LogP contribution in [0.15, 0.2) is 54.6 Å². The van der Waals surface area contributed by atoms with Crippen molar-refractivity contribution in [1.82, 2.24) is 9.80 Å². The largest absolute Gasteiger partial charge is 0.444 e. The molecule has 1 atom stereocenters. The summed E-state index contributed by atoms with van der Waals surface area (Å²) in [6, 6.07) is 16.6. The van der Waals surface area contributed by atoms with Crippen molar-refractivity contribution in [2.45, 2.75) is 12.6 Å². The van der Waals surface area contributed by atoms with Gasteiger partial charge < -0.3 is 19.1 Å². The fourth-order valence-electron chi connectivity index (χ4n) is 3.78. The standard InChI is InChI=1S/C24H28N2O5/c27-23(26-12-16-30-17-13-26)22(20-4-2-1-3-5-20)31-24(28)21-8-6-19(7-9-21)18-25-10-14-29-15-11-25/h1-9,22H,10-18H2/t22-/m0/s1. The van der Waals surface area contributed by atoms with E-state index in [4.69, 9.17) is 14.2 Å². The Hall–Kier alpha value is -2.74. The Kier molecular flexibility index (Phi) is 7.30. The number of esters is 1. The second-order valence-corrected chi connectivity index (χ2v) is 7.72. The quantitative estimate of drug-likeness (QED) is 0.663. The summed E-state index contributed by atoms with van der Waals surface area (Å²) in [6.45, 7) is 6.12. The van der Waals surface area contributed by atoms with Gasteiger partial charge in [0.15, 0.2) is 0 Å². The van der Waals surface area contributed by atoms with Gasteiger partial charge in [-0.3, -0.25) is 9.69 Å². The van der Waals surface area contributed by atoms with Crippen molar-refractivity contribution in [3.63, 3.8) is 0 Å². The molecule has 0 bridgehead atoms. The molecule has 0 aromatic heterocycles. The number of hydrogen-bond donors (Lipinski definition) is 0. The van der Waals surface area contributed by atoms with Crippen molar-refractivity contribution >= 4 is 11.9 Å². The first kappa shape index (κ1) is 21.5. The molecular formula is C24H28N2O5. The van der Waals surface area contributed by atoms with Crippen LogP contribution in [0.1, 0.15) is 27.6 Å². The Morgan fingerprint density at radius 2 is 1.45 bits per heavy atom. The molecule has 2 fully saturated rings. The van der Waals surface area contributed by atoms with Crippen molar-refractivity contribution in [3.05, 3.63) is 71.3 Å². The molecule has 7 heteroatoms. The first-order chi connectivity index (χ1) is 15.2. The summed E-state index contributed by atoms with van der Waals surface area (Å²) in [5.74, 6) is -0.722. The number of carbonyl (C=O) groups excluding carboxylic acids is 2. The predicted octanol–water partition coefficient (Wildman–Crippen LogP) is 2.28. The van der Waals surface area contributed by atoms with Crippen molar-refractivity contribution in [2.75, 3.05) is 52.6 Å². The van der Waals surface area contributed by atoms with Gasteiger partial charge in [0.1, 0.15) is 0 Å². The summed E-state index contributed by atoms with van der Waals surface area (Å²) in [5.41, 5.74) is 2.22. The van der Waals surface area contributed by atoms with Crippen molar-refractivity contribution in [3.8, 4) is 0 Å². The van der Waals surface area contributed by atoms with Gasteiger partial charge in [0, 0.05) is 38.3 Å². The van der Waals surface area contributed by atoms with Crippen molar-refractivity contribution < 1.29 is 23.8 Å². The minimum Gasteiger partial charge on any atom is -0.444 e. The summed E-state index contributed by atoms with van der Waals surface area (Å²) in [7, 11) is 0. The zero-order chi connectivity index (χ0) is 21.5. The summed E-state index contributed by atoms with van der Waals surface area (Å²) in [4.78, 5) is 30.0. The van der Waals surface area contributed by atoms with Gasteiger partial charge in [-0.05, 0) is 17.7 Å². The normalized spacial score (nSPS) is 18.4. The van der Waals surface area contributed by atoms with E-state index >= 15 is 0 Å². The van der Waals surface area contributed by atoms with E-state index in [1.165, 1.54) is 0 Å². The summed E-state index contributed by atoms with van der Waals surface area (Å²) >= 11 is 0. The van der Waals surface area contributed by atoms with Crippen LogP contribution >= 0.6 is 0 Å². The van der Waals surface area contributed by atoms with Gasteiger partial charge >= 0.3 is 5.97 Å². The van der Waals surface area contributed by atoms with E-state index in [1.807, 2.05) is 42.5 Å². The smallest absolute Gasteiger partial charge is 0.339 e. The molecule has 2 saturated heterocycles. The van der Waals surface area contributed by atoms with E-state index in [9.17, 15) is 9.59 Å². The second-order valence-electron chi connectivity index (χ2n) is 7.72. The number of ether oxygens (including phenoxy) is 3. The van der Waals surface area contributed by atoms with E-state index in [-0.39, 0.29) is 5.91 Å². The van der Waals surface area contributed by atoms with Gasteiger partial charge in [0.2, 0.25) is 6.10 Å². The number of rotatable bonds is 6.